The van der Waals surface area contributed by atoms with Gasteiger partial charge in [0.05, 0.1) is 21.8 Å². The summed E-state index contributed by atoms with van der Waals surface area (Å²) in [7, 11) is 0. The Morgan fingerprint density at radius 3 is 2.15 bits per heavy atom. The summed E-state index contributed by atoms with van der Waals surface area (Å²) in [5.74, 6) is -0.00721. The highest BCUT2D eigenvalue weighted by molar-refractivity contribution is 6.41. The first kappa shape index (κ1) is 15.1. The maximum Gasteiger partial charge on any atom is 0.124 e. The first-order valence-corrected chi connectivity index (χ1v) is 6.95. The number of nitrogens with one attached hydrogen (secondary N) is 1. The fourth-order valence-corrected chi connectivity index (χ4v) is 2.80. The van der Waals surface area contributed by atoms with Gasteiger partial charge in [0, 0.05) is 16.7 Å². The van der Waals surface area contributed by atoms with Crippen LogP contribution in [0.15, 0.2) is 30.3 Å². The lowest BCUT2D eigenvalue weighted by Crippen LogP contribution is -2.07. The van der Waals surface area contributed by atoms with Crippen molar-refractivity contribution in [3.05, 3.63) is 51.0 Å². The Kier molecular flexibility index (Phi) is 4.53. The van der Waals surface area contributed by atoms with Gasteiger partial charge < -0.3 is 15.5 Å². The first-order chi connectivity index (χ1) is 9.38. The molecular formula is C14H12Cl3NO2. The molecule has 106 valence electrons. The van der Waals surface area contributed by atoms with Crippen LogP contribution in [-0.4, -0.2) is 10.2 Å². The maximum absolute atomic E-state index is 9.84. The monoisotopic (exact) mass is 331 g/mol. The van der Waals surface area contributed by atoms with Crippen LogP contribution in [0.1, 0.15) is 18.5 Å². The Hall–Kier alpha value is -1.29. The van der Waals surface area contributed by atoms with E-state index in [9.17, 15) is 10.2 Å². The second kappa shape index (κ2) is 6.00. The van der Waals surface area contributed by atoms with Crippen LogP contribution in [0.25, 0.3) is 0 Å². The molecule has 0 fully saturated rings. The summed E-state index contributed by atoms with van der Waals surface area (Å²) in [5.41, 5.74) is 1.16. The highest BCUT2D eigenvalue weighted by Gasteiger charge is 2.15. The van der Waals surface area contributed by atoms with Crippen LogP contribution in [0.4, 0.5) is 5.69 Å². The number of phenolic OH excluding ortho intramolecular Hbond substituents is 2. The molecule has 0 aliphatic carbocycles. The molecule has 0 heterocycles. The molecule has 2 aromatic rings. The molecule has 0 bridgehead atoms. The zero-order valence-electron chi connectivity index (χ0n) is 10.5. The van der Waals surface area contributed by atoms with Gasteiger partial charge in [0.1, 0.15) is 11.5 Å². The molecule has 0 spiro atoms. The maximum atomic E-state index is 9.84. The van der Waals surface area contributed by atoms with E-state index in [-0.39, 0.29) is 17.5 Å². The van der Waals surface area contributed by atoms with E-state index < -0.39 is 0 Å². The zero-order valence-corrected chi connectivity index (χ0v) is 12.8. The zero-order chi connectivity index (χ0) is 14.9. The number of phenols is 2. The quantitative estimate of drug-likeness (QED) is 0.721. The standard InChI is InChI=1S/C14H12Cl3NO2/c1-7(10-3-2-9(19)6-13(10)20)18-14-11(16)4-8(15)5-12(14)17/h2-7,18-20H,1H3. The largest absolute Gasteiger partial charge is 0.508 e. The summed E-state index contributed by atoms with van der Waals surface area (Å²) in [4.78, 5) is 0. The van der Waals surface area contributed by atoms with Crippen LogP contribution in [0.5, 0.6) is 11.5 Å². The minimum Gasteiger partial charge on any atom is -0.508 e. The highest BCUT2D eigenvalue weighted by atomic mass is 35.5. The van der Waals surface area contributed by atoms with Gasteiger partial charge in [-0.1, -0.05) is 34.8 Å². The van der Waals surface area contributed by atoms with Gasteiger partial charge in [0.15, 0.2) is 0 Å². The van der Waals surface area contributed by atoms with E-state index in [2.05, 4.69) is 5.32 Å². The summed E-state index contributed by atoms with van der Waals surface area (Å²) in [6.07, 6.45) is 0. The predicted octanol–water partition coefficient (Wildman–Crippen LogP) is 5.23. The van der Waals surface area contributed by atoms with Crippen molar-refractivity contribution >= 4 is 40.5 Å². The van der Waals surface area contributed by atoms with Gasteiger partial charge in [-0.05, 0) is 31.2 Å². The van der Waals surface area contributed by atoms with Crippen molar-refractivity contribution in [2.75, 3.05) is 5.32 Å². The van der Waals surface area contributed by atoms with E-state index in [0.29, 0.717) is 26.3 Å². The van der Waals surface area contributed by atoms with Gasteiger partial charge in [0.25, 0.3) is 0 Å². The Morgan fingerprint density at radius 2 is 1.60 bits per heavy atom. The summed E-state index contributed by atoms with van der Waals surface area (Å²) >= 11 is 18.0. The van der Waals surface area contributed by atoms with Gasteiger partial charge in [-0.25, -0.2) is 0 Å². The van der Waals surface area contributed by atoms with Crippen molar-refractivity contribution in [3.63, 3.8) is 0 Å². The van der Waals surface area contributed by atoms with Crippen molar-refractivity contribution in [3.8, 4) is 11.5 Å². The Bertz CT molecular complexity index is 623. The van der Waals surface area contributed by atoms with Crippen molar-refractivity contribution < 1.29 is 10.2 Å². The average molecular weight is 333 g/mol. The SMILES string of the molecule is CC(Nc1c(Cl)cc(Cl)cc1Cl)c1ccc(O)cc1O. The normalized spacial score (nSPS) is 12.2. The van der Waals surface area contributed by atoms with Gasteiger partial charge in [-0.3, -0.25) is 0 Å². The van der Waals surface area contributed by atoms with Gasteiger partial charge in [-0.15, -0.1) is 0 Å². The van der Waals surface area contributed by atoms with Crippen molar-refractivity contribution in [1.29, 1.82) is 0 Å². The number of benzene rings is 2. The number of halogens is 3. The lowest BCUT2D eigenvalue weighted by atomic mass is 10.1. The van der Waals surface area contributed by atoms with Crippen LogP contribution in [0.3, 0.4) is 0 Å². The van der Waals surface area contributed by atoms with Crippen LogP contribution in [-0.2, 0) is 0 Å². The molecule has 3 nitrogen and oxygen atoms in total. The lowest BCUT2D eigenvalue weighted by Gasteiger charge is -2.19. The minimum absolute atomic E-state index is 0.000933. The highest BCUT2D eigenvalue weighted by Crippen LogP contribution is 2.37. The molecule has 0 saturated heterocycles. The number of anilines is 1. The van der Waals surface area contributed by atoms with Crippen LogP contribution < -0.4 is 5.32 Å². The number of hydrogen-bond donors (Lipinski definition) is 3. The number of hydrogen-bond acceptors (Lipinski definition) is 3. The molecule has 1 unspecified atom stereocenters. The molecule has 2 aromatic carbocycles. The van der Waals surface area contributed by atoms with Crippen LogP contribution in [0, 0.1) is 0 Å². The Morgan fingerprint density at radius 1 is 1.00 bits per heavy atom. The lowest BCUT2D eigenvalue weighted by molar-refractivity contribution is 0.444. The van der Waals surface area contributed by atoms with E-state index in [1.807, 2.05) is 6.92 Å². The minimum atomic E-state index is -0.258. The smallest absolute Gasteiger partial charge is 0.124 e. The van der Waals surface area contributed by atoms with Gasteiger partial charge in [0.2, 0.25) is 0 Å². The molecule has 3 N–H and O–H groups in total. The van der Waals surface area contributed by atoms with Crippen LogP contribution in [0.2, 0.25) is 15.1 Å². The molecule has 0 radical (unpaired) electrons. The fourth-order valence-electron chi connectivity index (χ4n) is 1.87. The van der Waals surface area contributed by atoms with E-state index in [1.54, 1.807) is 18.2 Å². The van der Waals surface area contributed by atoms with Crippen LogP contribution >= 0.6 is 34.8 Å². The first-order valence-electron chi connectivity index (χ1n) is 5.81. The van der Waals surface area contributed by atoms with E-state index in [4.69, 9.17) is 34.8 Å². The van der Waals surface area contributed by atoms with Crippen molar-refractivity contribution in [2.24, 2.45) is 0 Å². The molecule has 0 aromatic heterocycles. The van der Waals surface area contributed by atoms with E-state index in [1.165, 1.54) is 12.1 Å². The van der Waals surface area contributed by atoms with E-state index in [0.717, 1.165) is 0 Å². The average Bonchev–Trinajstić information content (AvgIpc) is 2.33. The molecule has 0 aliphatic rings. The number of rotatable bonds is 3. The molecular weight excluding hydrogens is 321 g/mol. The molecule has 1 atom stereocenters. The molecule has 20 heavy (non-hydrogen) atoms. The predicted molar refractivity (Wildman–Crippen MR) is 83.3 cm³/mol. The third-order valence-electron chi connectivity index (χ3n) is 2.85. The Balaban J connectivity index is 2.30. The second-order valence-electron chi connectivity index (χ2n) is 4.35. The van der Waals surface area contributed by atoms with Crippen molar-refractivity contribution in [1.82, 2.24) is 0 Å². The third kappa shape index (κ3) is 3.23. The summed E-state index contributed by atoms with van der Waals surface area (Å²) in [6, 6.07) is 7.31. The van der Waals surface area contributed by atoms with Gasteiger partial charge >= 0.3 is 0 Å². The third-order valence-corrected chi connectivity index (χ3v) is 3.66. The summed E-state index contributed by atoms with van der Waals surface area (Å²) in [6.45, 7) is 1.84. The molecule has 6 heteroatoms. The molecule has 0 amide bonds. The molecule has 2 rings (SSSR count). The van der Waals surface area contributed by atoms with E-state index >= 15 is 0 Å². The topological polar surface area (TPSA) is 52.5 Å². The van der Waals surface area contributed by atoms with Crippen molar-refractivity contribution in [2.45, 2.75) is 13.0 Å². The van der Waals surface area contributed by atoms with Gasteiger partial charge in [-0.2, -0.15) is 0 Å². The molecule has 0 saturated carbocycles. The summed E-state index contributed by atoms with van der Waals surface area (Å²) in [5, 5.41) is 23.5. The fraction of sp³-hybridized carbons (Fsp3) is 0.143. The second-order valence-corrected chi connectivity index (χ2v) is 5.60. The number of aromatic hydroxyl groups is 2. The summed E-state index contributed by atoms with van der Waals surface area (Å²) < 4.78 is 0. The molecule has 0 aliphatic heterocycles. The Labute approximate surface area is 131 Å².